The van der Waals surface area contributed by atoms with Crippen LogP contribution in [0.4, 0.5) is 0 Å². The Kier molecular flexibility index (Phi) is 3.06. The van der Waals surface area contributed by atoms with Gasteiger partial charge in [0, 0.05) is 0 Å². The van der Waals surface area contributed by atoms with E-state index in [1.165, 1.54) is 25.7 Å². The summed E-state index contributed by atoms with van der Waals surface area (Å²) in [6.07, 6.45) is 5.92. The van der Waals surface area contributed by atoms with Crippen molar-refractivity contribution >= 4 is 0 Å². The van der Waals surface area contributed by atoms with Gasteiger partial charge < -0.3 is 9.84 Å². The maximum atomic E-state index is 10.9. The molecule has 0 heterocycles. The zero-order valence-electron chi connectivity index (χ0n) is 11.1. The highest BCUT2D eigenvalue weighted by Crippen LogP contribution is 2.64. The first-order valence-electron chi connectivity index (χ1n) is 7.22. The minimum absolute atomic E-state index is 0.493. The van der Waals surface area contributed by atoms with Crippen LogP contribution in [-0.2, 0) is 5.60 Å². The van der Waals surface area contributed by atoms with Crippen LogP contribution < -0.4 is 4.74 Å². The van der Waals surface area contributed by atoms with Crippen molar-refractivity contribution in [3.63, 3.8) is 0 Å². The van der Waals surface area contributed by atoms with E-state index in [4.69, 9.17) is 4.74 Å². The Morgan fingerprint density at radius 3 is 2.67 bits per heavy atom. The zero-order chi connectivity index (χ0) is 12.6. The summed E-state index contributed by atoms with van der Waals surface area (Å²) >= 11 is 0. The van der Waals surface area contributed by atoms with E-state index in [2.05, 4.69) is 13.0 Å². The van der Waals surface area contributed by atoms with Crippen LogP contribution in [0.1, 0.15) is 44.6 Å². The number of hydrogen-bond donors (Lipinski definition) is 1. The van der Waals surface area contributed by atoms with Crippen molar-refractivity contribution in [3.8, 4) is 5.75 Å². The number of fused-ring (bicyclic) bond motifs is 1. The molecule has 0 amide bonds. The number of aliphatic hydroxyl groups is 1. The van der Waals surface area contributed by atoms with Gasteiger partial charge in [0.15, 0.2) is 0 Å². The summed E-state index contributed by atoms with van der Waals surface area (Å²) in [5.41, 5.74) is 0.509. The SMILES string of the molecule is CCCOc1cccc(C2(O)C3CCCCC32)c1. The summed E-state index contributed by atoms with van der Waals surface area (Å²) in [7, 11) is 0. The molecule has 0 aromatic heterocycles. The summed E-state index contributed by atoms with van der Waals surface area (Å²) in [6.45, 7) is 2.85. The average Bonchev–Trinajstić information content (AvgIpc) is 3.05. The molecule has 2 unspecified atom stereocenters. The lowest BCUT2D eigenvalue weighted by molar-refractivity contribution is 0.117. The van der Waals surface area contributed by atoms with Gasteiger partial charge in [-0.15, -0.1) is 0 Å². The molecule has 98 valence electrons. The minimum atomic E-state index is -0.553. The number of hydrogen-bond acceptors (Lipinski definition) is 2. The lowest BCUT2D eigenvalue weighted by Crippen LogP contribution is -2.10. The summed E-state index contributed by atoms with van der Waals surface area (Å²) in [5, 5.41) is 10.9. The van der Waals surface area contributed by atoms with E-state index < -0.39 is 5.60 Å². The van der Waals surface area contributed by atoms with Crippen LogP contribution in [0.15, 0.2) is 24.3 Å². The van der Waals surface area contributed by atoms with Crippen molar-refractivity contribution in [2.24, 2.45) is 11.8 Å². The largest absolute Gasteiger partial charge is 0.494 e. The maximum absolute atomic E-state index is 10.9. The van der Waals surface area contributed by atoms with Crippen LogP contribution in [0.25, 0.3) is 0 Å². The molecule has 2 nitrogen and oxygen atoms in total. The first kappa shape index (κ1) is 12.0. The molecule has 0 aliphatic heterocycles. The van der Waals surface area contributed by atoms with Crippen LogP contribution in [0.2, 0.25) is 0 Å². The van der Waals surface area contributed by atoms with Crippen molar-refractivity contribution in [3.05, 3.63) is 29.8 Å². The Hall–Kier alpha value is -1.02. The van der Waals surface area contributed by atoms with E-state index in [1.807, 2.05) is 18.2 Å². The van der Waals surface area contributed by atoms with Gasteiger partial charge in [0.25, 0.3) is 0 Å². The second kappa shape index (κ2) is 4.58. The summed E-state index contributed by atoms with van der Waals surface area (Å²) in [4.78, 5) is 0. The second-order valence-corrected chi connectivity index (χ2v) is 5.70. The van der Waals surface area contributed by atoms with Crippen LogP contribution in [0.3, 0.4) is 0 Å². The van der Waals surface area contributed by atoms with E-state index in [9.17, 15) is 5.11 Å². The third kappa shape index (κ3) is 1.83. The van der Waals surface area contributed by atoms with E-state index in [-0.39, 0.29) is 0 Å². The fraction of sp³-hybridized carbons (Fsp3) is 0.625. The number of ether oxygens (including phenoxy) is 1. The topological polar surface area (TPSA) is 29.5 Å². The molecule has 0 bridgehead atoms. The van der Waals surface area contributed by atoms with Crippen molar-refractivity contribution in [2.45, 2.75) is 44.6 Å². The molecule has 18 heavy (non-hydrogen) atoms. The monoisotopic (exact) mass is 246 g/mol. The molecule has 2 heteroatoms. The third-order valence-electron chi connectivity index (χ3n) is 4.56. The predicted octanol–water partition coefficient (Wildman–Crippen LogP) is 3.48. The van der Waals surface area contributed by atoms with E-state index in [0.717, 1.165) is 24.3 Å². The Balaban J connectivity index is 1.80. The third-order valence-corrected chi connectivity index (χ3v) is 4.56. The summed E-state index contributed by atoms with van der Waals surface area (Å²) < 4.78 is 5.66. The molecule has 2 fully saturated rings. The average molecular weight is 246 g/mol. The highest BCUT2D eigenvalue weighted by molar-refractivity contribution is 5.38. The first-order valence-corrected chi connectivity index (χ1v) is 7.22. The molecule has 1 aromatic carbocycles. The number of rotatable bonds is 4. The van der Waals surface area contributed by atoms with Crippen molar-refractivity contribution in [1.82, 2.24) is 0 Å². The van der Waals surface area contributed by atoms with Crippen molar-refractivity contribution < 1.29 is 9.84 Å². The molecule has 3 rings (SSSR count). The Bertz CT molecular complexity index is 415. The Labute approximate surface area is 109 Å². The van der Waals surface area contributed by atoms with Gasteiger partial charge in [-0.1, -0.05) is 31.9 Å². The molecular weight excluding hydrogens is 224 g/mol. The molecule has 2 atom stereocenters. The normalized spacial score (nSPS) is 33.9. The molecule has 0 spiro atoms. The van der Waals surface area contributed by atoms with Crippen LogP contribution >= 0.6 is 0 Å². The summed E-state index contributed by atoms with van der Waals surface area (Å²) in [6, 6.07) is 8.07. The van der Waals surface area contributed by atoms with Gasteiger partial charge in [-0.3, -0.25) is 0 Å². The van der Waals surface area contributed by atoms with Gasteiger partial charge >= 0.3 is 0 Å². The van der Waals surface area contributed by atoms with Gasteiger partial charge in [0.05, 0.1) is 12.2 Å². The van der Waals surface area contributed by atoms with Crippen LogP contribution in [0.5, 0.6) is 5.75 Å². The van der Waals surface area contributed by atoms with Crippen molar-refractivity contribution in [1.29, 1.82) is 0 Å². The predicted molar refractivity (Wildman–Crippen MR) is 71.6 cm³/mol. The van der Waals surface area contributed by atoms with Crippen molar-refractivity contribution in [2.75, 3.05) is 6.61 Å². The van der Waals surface area contributed by atoms with E-state index in [1.54, 1.807) is 0 Å². The highest BCUT2D eigenvalue weighted by Gasteiger charge is 2.64. The molecule has 2 aliphatic carbocycles. The van der Waals surface area contributed by atoms with Crippen LogP contribution in [-0.4, -0.2) is 11.7 Å². The molecule has 1 aromatic rings. The van der Waals surface area contributed by atoms with Gasteiger partial charge in [-0.25, -0.2) is 0 Å². The van der Waals surface area contributed by atoms with E-state index >= 15 is 0 Å². The van der Waals surface area contributed by atoms with Crippen LogP contribution in [0, 0.1) is 11.8 Å². The highest BCUT2D eigenvalue weighted by atomic mass is 16.5. The maximum Gasteiger partial charge on any atom is 0.119 e. The van der Waals surface area contributed by atoms with Gasteiger partial charge in [0.2, 0.25) is 0 Å². The summed E-state index contributed by atoms with van der Waals surface area (Å²) in [5.74, 6) is 1.88. The Morgan fingerprint density at radius 2 is 2.00 bits per heavy atom. The fourth-order valence-corrected chi connectivity index (χ4v) is 3.58. The smallest absolute Gasteiger partial charge is 0.119 e. The molecular formula is C16H22O2. The second-order valence-electron chi connectivity index (χ2n) is 5.70. The number of benzene rings is 1. The molecule has 0 radical (unpaired) electrons. The molecule has 2 aliphatic rings. The lowest BCUT2D eigenvalue weighted by Gasteiger charge is -2.13. The minimum Gasteiger partial charge on any atom is -0.494 e. The molecule has 0 saturated heterocycles. The zero-order valence-corrected chi connectivity index (χ0v) is 11.1. The first-order chi connectivity index (χ1) is 8.76. The van der Waals surface area contributed by atoms with Gasteiger partial charge in [-0.05, 0) is 48.8 Å². The molecule has 2 saturated carbocycles. The van der Waals surface area contributed by atoms with Gasteiger partial charge in [0.1, 0.15) is 5.75 Å². The van der Waals surface area contributed by atoms with Gasteiger partial charge in [-0.2, -0.15) is 0 Å². The lowest BCUT2D eigenvalue weighted by atomic mass is 10.0. The molecule has 1 N–H and O–H groups in total. The quantitative estimate of drug-likeness (QED) is 0.881. The standard InChI is InChI=1S/C16H22O2/c1-2-10-18-13-7-5-6-12(11-13)16(17)14-8-3-4-9-15(14)16/h5-7,11,14-15,17H,2-4,8-10H2,1H3. The fourth-order valence-electron chi connectivity index (χ4n) is 3.58. The van der Waals surface area contributed by atoms with E-state index in [0.29, 0.717) is 11.8 Å². The Morgan fingerprint density at radius 1 is 1.28 bits per heavy atom.